The number of nitrogens with one attached hydrogen (secondary N) is 1. The third-order valence-electron chi connectivity index (χ3n) is 2.58. The molecule has 1 unspecified atom stereocenters. The minimum atomic E-state index is -0.352. The van der Waals surface area contributed by atoms with Crippen LogP contribution in [0.25, 0.3) is 10.6 Å². The SMILES string of the molecule is COC(=O)CC(C)NC(=O)c1csc(-c2ccsc2)n1. The number of carbonyl (C=O) groups excluding carboxylic acids is 2. The van der Waals surface area contributed by atoms with Gasteiger partial charge in [0.1, 0.15) is 10.7 Å². The van der Waals surface area contributed by atoms with Crippen LogP contribution in [-0.4, -0.2) is 30.0 Å². The van der Waals surface area contributed by atoms with Gasteiger partial charge in [0.05, 0.1) is 13.5 Å². The van der Waals surface area contributed by atoms with E-state index in [0.29, 0.717) is 5.69 Å². The van der Waals surface area contributed by atoms with E-state index in [1.807, 2.05) is 16.8 Å². The second kappa shape index (κ2) is 6.62. The zero-order valence-corrected chi connectivity index (χ0v) is 12.7. The fourth-order valence-electron chi connectivity index (χ4n) is 1.58. The van der Waals surface area contributed by atoms with Crippen LogP contribution in [0, 0.1) is 0 Å². The maximum absolute atomic E-state index is 12.0. The van der Waals surface area contributed by atoms with E-state index >= 15 is 0 Å². The molecule has 2 aromatic rings. The third-order valence-corrected chi connectivity index (χ3v) is 4.16. The highest BCUT2D eigenvalue weighted by Gasteiger charge is 2.16. The van der Waals surface area contributed by atoms with Crippen LogP contribution in [0.2, 0.25) is 0 Å². The van der Waals surface area contributed by atoms with Crippen molar-refractivity contribution in [2.24, 2.45) is 0 Å². The maximum atomic E-state index is 12.0. The monoisotopic (exact) mass is 310 g/mol. The highest BCUT2D eigenvalue weighted by atomic mass is 32.1. The van der Waals surface area contributed by atoms with Crippen LogP contribution in [0.15, 0.2) is 22.2 Å². The Labute approximate surface area is 124 Å². The molecule has 5 nitrogen and oxygen atoms in total. The van der Waals surface area contributed by atoms with Crippen molar-refractivity contribution in [2.45, 2.75) is 19.4 Å². The van der Waals surface area contributed by atoms with Crippen LogP contribution in [0.3, 0.4) is 0 Å². The molecule has 7 heteroatoms. The smallest absolute Gasteiger partial charge is 0.307 e. The molecular weight excluding hydrogens is 296 g/mol. The largest absolute Gasteiger partial charge is 0.469 e. The van der Waals surface area contributed by atoms with E-state index in [0.717, 1.165) is 10.6 Å². The van der Waals surface area contributed by atoms with Crippen LogP contribution in [0.4, 0.5) is 0 Å². The van der Waals surface area contributed by atoms with Crippen molar-refractivity contribution >= 4 is 34.6 Å². The summed E-state index contributed by atoms with van der Waals surface area (Å²) in [7, 11) is 1.32. The summed E-state index contributed by atoms with van der Waals surface area (Å²) < 4.78 is 4.56. The lowest BCUT2D eigenvalue weighted by Gasteiger charge is -2.11. The first kappa shape index (κ1) is 14.7. The molecule has 1 atom stereocenters. The number of hydrogen-bond donors (Lipinski definition) is 1. The Kier molecular flexibility index (Phi) is 4.86. The highest BCUT2D eigenvalue weighted by molar-refractivity contribution is 7.14. The molecule has 1 N–H and O–H groups in total. The summed E-state index contributed by atoms with van der Waals surface area (Å²) in [6, 6.07) is 1.67. The van der Waals surface area contributed by atoms with E-state index in [1.54, 1.807) is 23.6 Å². The topological polar surface area (TPSA) is 68.3 Å². The Hall–Kier alpha value is -1.73. The normalized spacial score (nSPS) is 11.9. The average Bonchev–Trinajstić information content (AvgIpc) is 3.08. The lowest BCUT2D eigenvalue weighted by atomic mass is 10.2. The van der Waals surface area contributed by atoms with Gasteiger partial charge >= 0.3 is 5.97 Å². The van der Waals surface area contributed by atoms with Gasteiger partial charge in [0, 0.05) is 22.4 Å². The summed E-state index contributed by atoms with van der Waals surface area (Å²) in [5.41, 5.74) is 1.38. The second-order valence-corrected chi connectivity index (χ2v) is 5.84. The van der Waals surface area contributed by atoms with Gasteiger partial charge in [-0.3, -0.25) is 9.59 Å². The molecule has 0 aliphatic carbocycles. The van der Waals surface area contributed by atoms with Crippen molar-refractivity contribution in [1.29, 1.82) is 0 Å². The zero-order valence-electron chi connectivity index (χ0n) is 11.1. The molecule has 2 aromatic heterocycles. The first-order chi connectivity index (χ1) is 9.60. The van der Waals surface area contributed by atoms with Gasteiger partial charge in [-0.15, -0.1) is 11.3 Å². The molecule has 20 heavy (non-hydrogen) atoms. The molecule has 0 spiro atoms. The first-order valence-electron chi connectivity index (χ1n) is 5.96. The summed E-state index contributed by atoms with van der Waals surface area (Å²) in [4.78, 5) is 27.4. The van der Waals surface area contributed by atoms with Gasteiger partial charge in [0.25, 0.3) is 5.91 Å². The van der Waals surface area contributed by atoms with E-state index in [-0.39, 0.29) is 24.3 Å². The van der Waals surface area contributed by atoms with Gasteiger partial charge in [0.15, 0.2) is 0 Å². The average molecular weight is 310 g/mol. The van der Waals surface area contributed by atoms with Crippen LogP contribution in [-0.2, 0) is 9.53 Å². The molecular formula is C13H14N2O3S2. The number of methoxy groups -OCH3 is 1. The zero-order chi connectivity index (χ0) is 14.5. The Morgan fingerprint density at radius 3 is 2.90 bits per heavy atom. The standard InChI is InChI=1S/C13H14N2O3S2/c1-8(5-11(16)18-2)14-12(17)10-7-20-13(15-10)9-3-4-19-6-9/h3-4,6-8H,5H2,1-2H3,(H,14,17). The van der Waals surface area contributed by atoms with Gasteiger partial charge in [-0.2, -0.15) is 11.3 Å². The van der Waals surface area contributed by atoms with Crippen molar-refractivity contribution in [2.75, 3.05) is 7.11 Å². The van der Waals surface area contributed by atoms with Gasteiger partial charge in [-0.1, -0.05) is 0 Å². The molecule has 106 valence electrons. The number of nitrogens with zero attached hydrogens (tertiary/aromatic N) is 1. The number of thiophene rings is 1. The van der Waals surface area contributed by atoms with Crippen LogP contribution >= 0.6 is 22.7 Å². The van der Waals surface area contributed by atoms with Crippen molar-refractivity contribution in [1.82, 2.24) is 10.3 Å². The molecule has 1 amide bonds. The molecule has 0 aliphatic rings. The maximum Gasteiger partial charge on any atom is 0.307 e. The van der Waals surface area contributed by atoms with Crippen molar-refractivity contribution in [3.05, 3.63) is 27.9 Å². The lowest BCUT2D eigenvalue weighted by Crippen LogP contribution is -2.34. The number of ether oxygens (including phenoxy) is 1. The second-order valence-electron chi connectivity index (χ2n) is 4.20. The minimum Gasteiger partial charge on any atom is -0.469 e. The number of aromatic nitrogens is 1. The van der Waals surface area contributed by atoms with Crippen molar-refractivity contribution in [3.63, 3.8) is 0 Å². The van der Waals surface area contributed by atoms with Gasteiger partial charge in [0.2, 0.25) is 0 Å². The van der Waals surface area contributed by atoms with Crippen LogP contribution in [0.5, 0.6) is 0 Å². The predicted molar refractivity (Wildman–Crippen MR) is 79.0 cm³/mol. The number of carbonyl (C=O) groups is 2. The van der Waals surface area contributed by atoms with E-state index in [1.165, 1.54) is 18.4 Å². The molecule has 0 radical (unpaired) electrons. The fourth-order valence-corrected chi connectivity index (χ4v) is 3.09. The minimum absolute atomic E-state index is 0.143. The van der Waals surface area contributed by atoms with E-state index in [9.17, 15) is 9.59 Å². The molecule has 0 aromatic carbocycles. The van der Waals surface area contributed by atoms with Gasteiger partial charge in [-0.05, 0) is 18.4 Å². The van der Waals surface area contributed by atoms with Crippen molar-refractivity contribution in [3.8, 4) is 10.6 Å². The summed E-state index contributed by atoms with van der Waals surface area (Å²) in [6.45, 7) is 1.75. The number of esters is 1. The molecule has 0 bridgehead atoms. The molecule has 0 saturated carbocycles. The molecule has 2 rings (SSSR count). The Morgan fingerprint density at radius 1 is 1.45 bits per heavy atom. The fraction of sp³-hybridized carbons (Fsp3) is 0.308. The number of hydrogen-bond acceptors (Lipinski definition) is 6. The van der Waals surface area contributed by atoms with Crippen molar-refractivity contribution < 1.29 is 14.3 Å². The third kappa shape index (κ3) is 3.64. The van der Waals surface area contributed by atoms with Gasteiger partial charge in [-0.25, -0.2) is 4.98 Å². The first-order valence-corrected chi connectivity index (χ1v) is 7.78. The van der Waals surface area contributed by atoms with Gasteiger partial charge < -0.3 is 10.1 Å². The molecule has 0 fully saturated rings. The summed E-state index contributed by atoms with van der Waals surface area (Å²) in [6.07, 6.45) is 0.143. The number of rotatable bonds is 5. The summed E-state index contributed by atoms with van der Waals surface area (Å²) >= 11 is 3.01. The summed E-state index contributed by atoms with van der Waals surface area (Å²) in [5, 5.41) is 9.21. The van der Waals surface area contributed by atoms with Crippen LogP contribution < -0.4 is 5.32 Å². The van der Waals surface area contributed by atoms with E-state index in [4.69, 9.17) is 0 Å². The molecule has 0 saturated heterocycles. The lowest BCUT2D eigenvalue weighted by molar-refractivity contribution is -0.141. The van der Waals surface area contributed by atoms with E-state index < -0.39 is 0 Å². The van der Waals surface area contributed by atoms with E-state index in [2.05, 4.69) is 15.0 Å². The Morgan fingerprint density at radius 2 is 2.25 bits per heavy atom. The predicted octanol–water partition coefficient (Wildman–Crippen LogP) is 2.55. The molecule has 2 heterocycles. The Balaban J connectivity index is 1.98. The quantitative estimate of drug-likeness (QED) is 0.862. The number of amides is 1. The van der Waals surface area contributed by atoms with Crippen LogP contribution in [0.1, 0.15) is 23.8 Å². The summed E-state index contributed by atoms with van der Waals surface area (Å²) in [5.74, 6) is -0.630. The number of thiazole rings is 1. The molecule has 0 aliphatic heterocycles. The Bertz CT molecular complexity index is 593. The highest BCUT2D eigenvalue weighted by Crippen LogP contribution is 2.25.